The molecule has 0 atom stereocenters. The number of rotatable bonds is 4. The first kappa shape index (κ1) is 15.0. The SMILES string of the molecule is C/C=C\C(=C/CC)Oc1ccc2cc3c(cc2c1)C(=O)OC3=O. The number of benzene rings is 2. The third-order valence-electron chi connectivity index (χ3n) is 3.55. The zero-order valence-corrected chi connectivity index (χ0v) is 13.0. The number of cyclic esters (lactones) is 2. The molecular formula is C19H16O4. The van der Waals surface area contributed by atoms with Crippen LogP contribution in [0.2, 0.25) is 0 Å². The maximum absolute atomic E-state index is 11.7. The van der Waals surface area contributed by atoms with Gasteiger partial charge >= 0.3 is 11.9 Å². The number of hydrogen-bond donors (Lipinski definition) is 0. The van der Waals surface area contributed by atoms with E-state index in [0.29, 0.717) is 16.9 Å². The third kappa shape index (κ3) is 2.88. The molecule has 0 radical (unpaired) electrons. The first-order valence-electron chi connectivity index (χ1n) is 7.47. The van der Waals surface area contributed by atoms with Crippen molar-refractivity contribution in [2.75, 3.05) is 0 Å². The minimum atomic E-state index is -0.598. The van der Waals surface area contributed by atoms with Gasteiger partial charge in [0.1, 0.15) is 11.5 Å². The lowest BCUT2D eigenvalue weighted by Gasteiger charge is -2.08. The average Bonchev–Trinajstić information content (AvgIpc) is 2.80. The number of ether oxygens (including phenoxy) is 2. The fourth-order valence-corrected chi connectivity index (χ4v) is 2.52. The fraction of sp³-hybridized carbons (Fsp3) is 0.158. The smallest absolute Gasteiger partial charge is 0.346 e. The van der Waals surface area contributed by atoms with Crippen molar-refractivity contribution < 1.29 is 19.1 Å². The van der Waals surface area contributed by atoms with Crippen LogP contribution in [0.15, 0.2) is 54.3 Å². The lowest BCUT2D eigenvalue weighted by molar-refractivity contribution is 0.0444. The van der Waals surface area contributed by atoms with E-state index in [4.69, 9.17) is 4.74 Å². The molecule has 0 amide bonds. The van der Waals surface area contributed by atoms with Gasteiger partial charge in [-0.15, -0.1) is 0 Å². The second-order valence-electron chi connectivity index (χ2n) is 5.20. The zero-order chi connectivity index (χ0) is 16.4. The van der Waals surface area contributed by atoms with Crippen molar-refractivity contribution in [1.29, 1.82) is 0 Å². The van der Waals surface area contributed by atoms with Gasteiger partial charge in [0.15, 0.2) is 0 Å². The van der Waals surface area contributed by atoms with Crippen molar-refractivity contribution in [2.45, 2.75) is 20.3 Å². The summed E-state index contributed by atoms with van der Waals surface area (Å²) in [6.45, 7) is 3.97. The van der Waals surface area contributed by atoms with Gasteiger partial charge < -0.3 is 9.47 Å². The summed E-state index contributed by atoms with van der Waals surface area (Å²) in [6, 6.07) is 8.89. The molecular weight excluding hydrogens is 292 g/mol. The van der Waals surface area contributed by atoms with Gasteiger partial charge in [-0.1, -0.05) is 19.1 Å². The maximum atomic E-state index is 11.7. The lowest BCUT2D eigenvalue weighted by atomic mass is 10.0. The van der Waals surface area contributed by atoms with Crippen molar-refractivity contribution in [3.8, 4) is 5.75 Å². The molecule has 2 aromatic carbocycles. The molecule has 0 saturated carbocycles. The number of esters is 2. The minimum absolute atomic E-state index is 0.303. The average molecular weight is 308 g/mol. The van der Waals surface area contributed by atoms with Crippen molar-refractivity contribution in [1.82, 2.24) is 0 Å². The van der Waals surface area contributed by atoms with E-state index in [1.807, 2.05) is 50.3 Å². The standard InChI is InChI=1S/C19H16O4/c1-3-5-14(6-4-2)22-15-8-7-12-10-16-17(11-13(12)9-15)19(21)23-18(16)20/h3,5-11H,4H2,1-2H3/b5-3-,14-6+. The monoisotopic (exact) mass is 308 g/mol. The molecule has 116 valence electrons. The normalized spacial score (nSPS) is 14.4. The molecule has 1 aliphatic rings. The van der Waals surface area contributed by atoms with E-state index in [1.54, 1.807) is 12.1 Å². The quantitative estimate of drug-likeness (QED) is 0.363. The largest absolute Gasteiger partial charge is 0.458 e. The molecule has 0 saturated heterocycles. The van der Waals surface area contributed by atoms with Crippen LogP contribution in [0, 0.1) is 0 Å². The van der Waals surface area contributed by atoms with E-state index in [2.05, 4.69) is 4.74 Å². The highest BCUT2D eigenvalue weighted by atomic mass is 16.6. The Kier molecular flexibility index (Phi) is 3.98. The Hall–Kier alpha value is -2.88. The highest BCUT2D eigenvalue weighted by Gasteiger charge is 2.29. The van der Waals surface area contributed by atoms with Crippen LogP contribution in [-0.2, 0) is 4.74 Å². The number of hydrogen-bond acceptors (Lipinski definition) is 4. The summed E-state index contributed by atoms with van der Waals surface area (Å²) in [5.41, 5.74) is 0.620. The summed E-state index contributed by atoms with van der Waals surface area (Å²) in [5.74, 6) is 0.255. The number of carbonyl (C=O) groups excluding carboxylic acids is 2. The predicted octanol–water partition coefficient (Wildman–Crippen LogP) is 4.40. The summed E-state index contributed by atoms with van der Waals surface area (Å²) < 4.78 is 10.5. The van der Waals surface area contributed by atoms with Crippen LogP contribution < -0.4 is 4.74 Å². The minimum Gasteiger partial charge on any atom is -0.458 e. The van der Waals surface area contributed by atoms with E-state index >= 15 is 0 Å². The molecule has 2 aromatic rings. The highest BCUT2D eigenvalue weighted by molar-refractivity contribution is 6.17. The summed E-state index contributed by atoms with van der Waals surface area (Å²) >= 11 is 0. The molecule has 1 aliphatic heterocycles. The Morgan fingerprint density at radius 3 is 2.43 bits per heavy atom. The molecule has 0 N–H and O–H groups in total. The van der Waals surface area contributed by atoms with Gasteiger partial charge in [0, 0.05) is 0 Å². The first-order valence-corrected chi connectivity index (χ1v) is 7.47. The topological polar surface area (TPSA) is 52.6 Å². The van der Waals surface area contributed by atoms with E-state index in [-0.39, 0.29) is 0 Å². The van der Waals surface area contributed by atoms with Crippen LogP contribution in [0.1, 0.15) is 41.0 Å². The maximum Gasteiger partial charge on any atom is 0.346 e. The van der Waals surface area contributed by atoms with Gasteiger partial charge in [-0.25, -0.2) is 9.59 Å². The molecule has 0 fully saturated rings. The first-order chi connectivity index (χ1) is 11.1. The fourth-order valence-electron chi connectivity index (χ4n) is 2.52. The third-order valence-corrected chi connectivity index (χ3v) is 3.55. The van der Waals surface area contributed by atoms with Crippen LogP contribution >= 0.6 is 0 Å². The van der Waals surface area contributed by atoms with E-state index in [9.17, 15) is 9.59 Å². The zero-order valence-electron chi connectivity index (χ0n) is 13.0. The molecule has 0 spiro atoms. The molecule has 1 heterocycles. The number of allylic oxidation sites excluding steroid dienone is 3. The van der Waals surface area contributed by atoms with Crippen LogP contribution in [0.5, 0.6) is 5.75 Å². The van der Waals surface area contributed by atoms with Gasteiger partial charge in [0.25, 0.3) is 0 Å². The van der Waals surface area contributed by atoms with Gasteiger partial charge in [-0.3, -0.25) is 0 Å². The summed E-state index contributed by atoms with van der Waals surface area (Å²) in [4.78, 5) is 23.3. The van der Waals surface area contributed by atoms with Gasteiger partial charge in [0.2, 0.25) is 0 Å². The second kappa shape index (κ2) is 6.08. The molecule has 23 heavy (non-hydrogen) atoms. The van der Waals surface area contributed by atoms with Crippen LogP contribution in [0.3, 0.4) is 0 Å². The van der Waals surface area contributed by atoms with Crippen LogP contribution in [0.4, 0.5) is 0 Å². The van der Waals surface area contributed by atoms with E-state index in [0.717, 1.165) is 23.0 Å². The van der Waals surface area contributed by atoms with E-state index in [1.165, 1.54) is 0 Å². The van der Waals surface area contributed by atoms with Crippen molar-refractivity contribution >= 4 is 22.7 Å². The molecule has 0 bridgehead atoms. The molecule has 0 unspecified atom stereocenters. The van der Waals surface area contributed by atoms with Gasteiger partial charge in [0.05, 0.1) is 11.1 Å². The van der Waals surface area contributed by atoms with Crippen molar-refractivity contribution in [2.24, 2.45) is 0 Å². The molecule has 0 aliphatic carbocycles. The second-order valence-corrected chi connectivity index (χ2v) is 5.20. The van der Waals surface area contributed by atoms with Gasteiger partial charge in [-0.05, 0) is 60.5 Å². The Balaban J connectivity index is 2.01. The Morgan fingerprint density at radius 1 is 1.09 bits per heavy atom. The molecule has 0 aromatic heterocycles. The number of carbonyl (C=O) groups is 2. The van der Waals surface area contributed by atoms with Gasteiger partial charge in [-0.2, -0.15) is 0 Å². The molecule has 3 rings (SSSR count). The van der Waals surface area contributed by atoms with Crippen LogP contribution in [-0.4, -0.2) is 11.9 Å². The number of fused-ring (bicyclic) bond motifs is 2. The lowest BCUT2D eigenvalue weighted by Crippen LogP contribution is -1.96. The van der Waals surface area contributed by atoms with Crippen LogP contribution in [0.25, 0.3) is 10.8 Å². The Bertz CT molecular complexity index is 859. The molecule has 4 nitrogen and oxygen atoms in total. The van der Waals surface area contributed by atoms with Crippen molar-refractivity contribution in [3.05, 3.63) is 65.4 Å². The summed E-state index contributed by atoms with van der Waals surface area (Å²) in [6.07, 6.45) is 6.67. The summed E-state index contributed by atoms with van der Waals surface area (Å²) in [5, 5.41) is 1.68. The van der Waals surface area contributed by atoms with Crippen molar-refractivity contribution in [3.63, 3.8) is 0 Å². The Morgan fingerprint density at radius 2 is 1.78 bits per heavy atom. The Labute approximate surface area is 134 Å². The summed E-state index contributed by atoms with van der Waals surface area (Å²) in [7, 11) is 0. The molecule has 4 heteroatoms. The van der Waals surface area contributed by atoms with E-state index < -0.39 is 11.9 Å². The predicted molar refractivity (Wildman–Crippen MR) is 87.5 cm³/mol. The highest BCUT2D eigenvalue weighted by Crippen LogP contribution is 2.29.